The van der Waals surface area contributed by atoms with E-state index in [-0.39, 0.29) is 12.5 Å². The van der Waals surface area contributed by atoms with Crippen LogP contribution in [0.15, 0.2) is 89.2 Å². The summed E-state index contributed by atoms with van der Waals surface area (Å²) in [5, 5.41) is 13.2. The Morgan fingerprint density at radius 3 is 2.55 bits per heavy atom. The minimum atomic E-state index is -0.477. The van der Waals surface area contributed by atoms with E-state index in [9.17, 15) is 9.90 Å². The number of aliphatic hydroxyl groups excluding tert-OH is 1. The monoisotopic (exact) mass is 430 g/mol. The molecule has 156 valence electrons. The number of aromatic nitrogens is 3. The molecule has 1 amide bonds. The van der Waals surface area contributed by atoms with Crippen LogP contribution < -0.4 is 5.32 Å². The summed E-state index contributed by atoms with van der Waals surface area (Å²) in [5.74, 6) is -0.292. The fourth-order valence-corrected chi connectivity index (χ4v) is 3.93. The van der Waals surface area contributed by atoms with Crippen LogP contribution in [0.4, 0.5) is 0 Å². The van der Waals surface area contributed by atoms with Crippen molar-refractivity contribution in [3.63, 3.8) is 0 Å². The van der Waals surface area contributed by atoms with E-state index in [1.807, 2.05) is 67.6 Å². The highest BCUT2D eigenvalue weighted by atomic mass is 32.2. The quantitative estimate of drug-likeness (QED) is 0.378. The number of aryl methyl sites for hydroxylation is 1. The standard InChI is InChI=1S/C24H22N4O2S/c1-16-13-26-24(31-19-10-6-3-7-11-19)28-22(16)18-12-20(25-14-18)23(30)27-21(15-29)17-8-4-2-5-9-17/h2-14,21,25,29H,15H2,1H3,(H,27,30)/t21-/m1/s1. The van der Waals surface area contributed by atoms with Crippen LogP contribution in [0.3, 0.4) is 0 Å². The Hall–Kier alpha value is -3.42. The van der Waals surface area contributed by atoms with Gasteiger partial charge in [-0.3, -0.25) is 4.79 Å². The second-order valence-electron chi connectivity index (χ2n) is 7.02. The summed E-state index contributed by atoms with van der Waals surface area (Å²) in [5.41, 5.74) is 3.74. The molecule has 2 heterocycles. The number of rotatable bonds is 7. The van der Waals surface area contributed by atoms with E-state index >= 15 is 0 Å². The van der Waals surface area contributed by atoms with Crippen molar-refractivity contribution in [2.24, 2.45) is 0 Å². The van der Waals surface area contributed by atoms with Crippen molar-refractivity contribution in [2.45, 2.75) is 23.0 Å². The molecule has 0 aliphatic carbocycles. The van der Waals surface area contributed by atoms with Gasteiger partial charge in [-0.2, -0.15) is 0 Å². The summed E-state index contributed by atoms with van der Waals surface area (Å²) in [6.45, 7) is 1.75. The maximum atomic E-state index is 12.7. The highest BCUT2D eigenvalue weighted by Gasteiger charge is 2.17. The van der Waals surface area contributed by atoms with Crippen LogP contribution in [0.25, 0.3) is 11.3 Å². The highest BCUT2D eigenvalue weighted by Crippen LogP contribution is 2.28. The fourth-order valence-electron chi connectivity index (χ4n) is 3.18. The number of aromatic amines is 1. The number of hydrogen-bond donors (Lipinski definition) is 3. The van der Waals surface area contributed by atoms with Gasteiger partial charge in [0.15, 0.2) is 5.16 Å². The van der Waals surface area contributed by atoms with Crippen molar-refractivity contribution in [2.75, 3.05) is 6.61 Å². The molecule has 31 heavy (non-hydrogen) atoms. The van der Waals surface area contributed by atoms with Crippen molar-refractivity contribution in [1.82, 2.24) is 20.3 Å². The summed E-state index contributed by atoms with van der Waals surface area (Å²) >= 11 is 1.49. The van der Waals surface area contributed by atoms with E-state index in [0.717, 1.165) is 27.3 Å². The van der Waals surface area contributed by atoms with Crippen LogP contribution in [0, 0.1) is 6.92 Å². The first kappa shape index (κ1) is 20.8. The Labute approximate surface area is 184 Å². The zero-order chi connectivity index (χ0) is 21.6. The van der Waals surface area contributed by atoms with Gasteiger partial charge in [0.25, 0.3) is 5.91 Å². The summed E-state index contributed by atoms with van der Waals surface area (Å²) in [4.78, 5) is 25.9. The van der Waals surface area contributed by atoms with Gasteiger partial charge in [0, 0.05) is 22.9 Å². The Morgan fingerprint density at radius 2 is 1.84 bits per heavy atom. The largest absolute Gasteiger partial charge is 0.394 e. The molecule has 0 unspecified atom stereocenters. The third-order valence-corrected chi connectivity index (χ3v) is 5.68. The lowest BCUT2D eigenvalue weighted by molar-refractivity contribution is 0.0912. The Balaban J connectivity index is 1.53. The number of H-pyrrole nitrogens is 1. The first-order valence-electron chi connectivity index (χ1n) is 9.86. The minimum Gasteiger partial charge on any atom is -0.394 e. The Bertz CT molecular complexity index is 1160. The molecule has 0 radical (unpaired) electrons. The summed E-state index contributed by atoms with van der Waals surface area (Å²) in [6.07, 6.45) is 3.55. The van der Waals surface area contributed by atoms with E-state index in [2.05, 4.69) is 15.3 Å². The van der Waals surface area contributed by atoms with E-state index < -0.39 is 6.04 Å². The molecule has 4 rings (SSSR count). The van der Waals surface area contributed by atoms with Gasteiger partial charge in [0.2, 0.25) is 0 Å². The lowest BCUT2D eigenvalue weighted by atomic mass is 10.1. The van der Waals surface area contributed by atoms with E-state index in [1.165, 1.54) is 11.8 Å². The molecule has 2 aromatic heterocycles. The van der Waals surface area contributed by atoms with Crippen LogP contribution in [0.1, 0.15) is 27.7 Å². The molecule has 0 spiro atoms. The molecule has 0 aliphatic rings. The highest BCUT2D eigenvalue weighted by molar-refractivity contribution is 7.99. The Morgan fingerprint density at radius 1 is 1.13 bits per heavy atom. The van der Waals surface area contributed by atoms with Crippen molar-refractivity contribution < 1.29 is 9.90 Å². The van der Waals surface area contributed by atoms with Crippen molar-refractivity contribution in [1.29, 1.82) is 0 Å². The molecule has 2 aromatic carbocycles. The molecule has 0 saturated carbocycles. The van der Waals surface area contributed by atoms with Crippen LogP contribution >= 0.6 is 11.8 Å². The van der Waals surface area contributed by atoms with Crippen molar-refractivity contribution in [3.8, 4) is 11.3 Å². The fraction of sp³-hybridized carbons (Fsp3) is 0.125. The average Bonchev–Trinajstić information content (AvgIpc) is 3.30. The van der Waals surface area contributed by atoms with Crippen molar-refractivity contribution in [3.05, 3.63) is 95.9 Å². The number of benzene rings is 2. The number of nitrogens with zero attached hydrogens (tertiary/aromatic N) is 2. The molecular formula is C24H22N4O2S. The number of amides is 1. The number of nitrogens with one attached hydrogen (secondary N) is 2. The van der Waals surface area contributed by atoms with Crippen LogP contribution in [0.2, 0.25) is 0 Å². The first-order chi connectivity index (χ1) is 15.1. The van der Waals surface area contributed by atoms with Gasteiger partial charge in [-0.25, -0.2) is 9.97 Å². The van der Waals surface area contributed by atoms with Gasteiger partial charge < -0.3 is 15.4 Å². The normalized spacial score (nSPS) is 11.8. The molecule has 0 bridgehead atoms. The number of aliphatic hydroxyl groups is 1. The molecule has 0 saturated heterocycles. The van der Waals surface area contributed by atoms with Crippen LogP contribution in [-0.2, 0) is 0 Å². The van der Waals surface area contributed by atoms with Gasteiger partial charge in [0.1, 0.15) is 5.69 Å². The third kappa shape index (κ3) is 5.02. The van der Waals surface area contributed by atoms with Crippen LogP contribution in [-0.4, -0.2) is 32.6 Å². The molecule has 4 aromatic rings. The maximum absolute atomic E-state index is 12.7. The molecule has 3 N–H and O–H groups in total. The number of carbonyl (C=O) groups excluding carboxylic acids is 1. The van der Waals surface area contributed by atoms with Crippen molar-refractivity contribution >= 4 is 17.7 Å². The summed E-state index contributed by atoms with van der Waals surface area (Å²) in [6, 6.07) is 20.6. The van der Waals surface area contributed by atoms with Gasteiger partial charge >= 0.3 is 0 Å². The smallest absolute Gasteiger partial charge is 0.268 e. The number of carbonyl (C=O) groups is 1. The lowest BCUT2D eigenvalue weighted by Crippen LogP contribution is -2.30. The van der Waals surface area contributed by atoms with Crippen LogP contribution in [0.5, 0.6) is 0 Å². The third-order valence-electron chi connectivity index (χ3n) is 4.79. The molecular weight excluding hydrogens is 408 g/mol. The predicted molar refractivity (Wildman–Crippen MR) is 121 cm³/mol. The number of hydrogen-bond acceptors (Lipinski definition) is 5. The molecule has 0 fully saturated rings. The lowest BCUT2D eigenvalue weighted by Gasteiger charge is -2.16. The SMILES string of the molecule is Cc1cnc(Sc2ccccc2)nc1-c1c[nH]c(C(=O)N[C@H](CO)c2ccccc2)c1. The van der Waals surface area contributed by atoms with E-state index in [0.29, 0.717) is 10.9 Å². The first-order valence-corrected chi connectivity index (χ1v) is 10.7. The second-order valence-corrected chi connectivity index (χ2v) is 8.06. The summed E-state index contributed by atoms with van der Waals surface area (Å²) in [7, 11) is 0. The summed E-state index contributed by atoms with van der Waals surface area (Å²) < 4.78 is 0. The molecule has 1 atom stereocenters. The molecule has 6 nitrogen and oxygen atoms in total. The zero-order valence-corrected chi connectivity index (χ0v) is 17.8. The Kier molecular flexibility index (Phi) is 6.45. The van der Waals surface area contributed by atoms with Gasteiger partial charge in [0.05, 0.1) is 18.3 Å². The minimum absolute atomic E-state index is 0.186. The van der Waals surface area contributed by atoms with E-state index in [4.69, 9.17) is 4.98 Å². The average molecular weight is 431 g/mol. The molecule has 0 aliphatic heterocycles. The van der Waals surface area contributed by atoms with Gasteiger partial charge in [-0.15, -0.1) is 0 Å². The second kappa shape index (κ2) is 9.59. The zero-order valence-electron chi connectivity index (χ0n) is 16.9. The predicted octanol–water partition coefficient (Wildman–Crippen LogP) is 4.39. The maximum Gasteiger partial charge on any atom is 0.268 e. The topological polar surface area (TPSA) is 90.9 Å². The molecule has 7 heteroatoms. The van der Waals surface area contributed by atoms with Gasteiger partial charge in [-0.1, -0.05) is 48.5 Å². The van der Waals surface area contributed by atoms with Gasteiger partial charge in [-0.05, 0) is 48.0 Å². The van der Waals surface area contributed by atoms with E-state index in [1.54, 1.807) is 18.5 Å².